The second-order valence-electron chi connectivity index (χ2n) is 8.31. The van der Waals surface area contributed by atoms with E-state index in [0.717, 1.165) is 0 Å². The molecule has 0 rings (SSSR count). The van der Waals surface area contributed by atoms with Crippen molar-refractivity contribution < 1.29 is 39.3 Å². The lowest BCUT2D eigenvalue weighted by Gasteiger charge is -2.27. The highest BCUT2D eigenvalue weighted by Gasteiger charge is 2.33. The van der Waals surface area contributed by atoms with Crippen LogP contribution in [0.2, 0.25) is 0 Å². The maximum Gasteiger partial charge on any atom is 0.326 e. The number of amides is 3. The number of unbranched alkanes of at least 4 members (excludes halogenated alkanes) is 1. The van der Waals surface area contributed by atoms with Crippen LogP contribution < -0.4 is 27.4 Å². The molecule has 190 valence electrons. The summed E-state index contributed by atoms with van der Waals surface area (Å²) in [6.45, 7) is 5.17. The number of aliphatic hydroxyl groups excluding tert-OH is 1. The second-order valence-corrected chi connectivity index (χ2v) is 8.31. The van der Waals surface area contributed by atoms with E-state index in [-0.39, 0.29) is 18.8 Å². The normalized spacial score (nSPS) is 15.6. The number of carboxylic acids is 2. The Morgan fingerprint density at radius 3 is 1.88 bits per heavy atom. The van der Waals surface area contributed by atoms with Crippen molar-refractivity contribution in [2.24, 2.45) is 17.4 Å². The van der Waals surface area contributed by atoms with Crippen molar-refractivity contribution >= 4 is 29.7 Å². The molecule has 0 aromatic carbocycles. The predicted octanol–water partition coefficient (Wildman–Crippen LogP) is -2.12. The lowest BCUT2D eigenvalue weighted by atomic mass is 10.0. The van der Waals surface area contributed by atoms with Gasteiger partial charge in [0.15, 0.2) is 0 Å². The Balaban J connectivity index is 5.37. The monoisotopic (exact) mass is 475 g/mol. The molecule has 0 aliphatic heterocycles. The van der Waals surface area contributed by atoms with Crippen molar-refractivity contribution in [3.8, 4) is 0 Å². The van der Waals surface area contributed by atoms with Gasteiger partial charge < -0.3 is 42.7 Å². The van der Waals surface area contributed by atoms with Crippen molar-refractivity contribution in [2.45, 2.75) is 83.1 Å². The van der Waals surface area contributed by atoms with E-state index in [1.165, 1.54) is 6.92 Å². The number of nitrogens with two attached hydrogens (primary N) is 2. The van der Waals surface area contributed by atoms with Crippen LogP contribution in [0.5, 0.6) is 0 Å². The Kier molecular flexibility index (Phi) is 13.9. The topological polar surface area (TPSA) is 234 Å². The van der Waals surface area contributed by atoms with Crippen LogP contribution in [0.1, 0.15) is 52.9 Å². The van der Waals surface area contributed by atoms with Crippen molar-refractivity contribution in [1.82, 2.24) is 16.0 Å². The SMILES string of the molecule is CC(C)CC(NC(=O)C(N)CC(=O)O)C(=O)NC(C(=O)NC(CCCCN)C(=O)O)C(C)O. The lowest BCUT2D eigenvalue weighted by molar-refractivity contribution is -0.143. The molecule has 0 aromatic rings. The van der Waals surface area contributed by atoms with E-state index in [1.54, 1.807) is 13.8 Å². The maximum atomic E-state index is 12.8. The first-order chi connectivity index (χ1) is 15.3. The first-order valence-corrected chi connectivity index (χ1v) is 10.8. The van der Waals surface area contributed by atoms with Gasteiger partial charge in [-0.25, -0.2) is 4.79 Å². The summed E-state index contributed by atoms with van der Waals surface area (Å²) in [5.41, 5.74) is 10.9. The molecule has 33 heavy (non-hydrogen) atoms. The summed E-state index contributed by atoms with van der Waals surface area (Å²) in [6.07, 6.45) is -0.734. The third kappa shape index (κ3) is 12.2. The maximum absolute atomic E-state index is 12.8. The van der Waals surface area contributed by atoms with Crippen LogP contribution in [0.4, 0.5) is 0 Å². The van der Waals surface area contributed by atoms with Crippen LogP contribution in [-0.2, 0) is 24.0 Å². The second kappa shape index (κ2) is 15.1. The zero-order chi connectivity index (χ0) is 25.7. The van der Waals surface area contributed by atoms with Gasteiger partial charge in [0.25, 0.3) is 0 Å². The van der Waals surface area contributed by atoms with Gasteiger partial charge in [-0.3, -0.25) is 19.2 Å². The fourth-order valence-electron chi connectivity index (χ4n) is 2.93. The molecule has 13 heteroatoms. The minimum atomic E-state index is -1.49. The highest BCUT2D eigenvalue weighted by molar-refractivity contribution is 5.95. The molecule has 0 aliphatic rings. The summed E-state index contributed by atoms with van der Waals surface area (Å²) in [6, 6.07) is -5.27. The molecule has 0 spiro atoms. The fourth-order valence-corrected chi connectivity index (χ4v) is 2.93. The molecule has 0 aromatic heterocycles. The number of carboxylic acid groups (broad SMARTS) is 2. The van der Waals surface area contributed by atoms with Gasteiger partial charge in [0.05, 0.1) is 18.6 Å². The summed E-state index contributed by atoms with van der Waals surface area (Å²) in [4.78, 5) is 59.8. The number of hydrogen-bond acceptors (Lipinski definition) is 8. The van der Waals surface area contributed by atoms with Gasteiger partial charge >= 0.3 is 11.9 Å². The van der Waals surface area contributed by atoms with Gasteiger partial charge in [0.1, 0.15) is 18.1 Å². The van der Waals surface area contributed by atoms with E-state index in [2.05, 4.69) is 16.0 Å². The summed E-state index contributed by atoms with van der Waals surface area (Å²) in [5, 5.41) is 35.1. The Labute approximate surface area is 192 Å². The van der Waals surface area contributed by atoms with Gasteiger partial charge in [0.2, 0.25) is 17.7 Å². The fraction of sp³-hybridized carbons (Fsp3) is 0.750. The molecule has 0 heterocycles. The number of nitrogens with one attached hydrogen (secondary N) is 3. The minimum Gasteiger partial charge on any atom is -0.481 e. The van der Waals surface area contributed by atoms with Gasteiger partial charge in [-0.05, 0) is 45.1 Å². The molecule has 5 atom stereocenters. The average molecular weight is 476 g/mol. The number of hydrogen-bond donors (Lipinski definition) is 8. The number of aliphatic hydroxyl groups is 1. The third-order valence-corrected chi connectivity index (χ3v) is 4.70. The van der Waals surface area contributed by atoms with Gasteiger partial charge in [-0.2, -0.15) is 0 Å². The molecular formula is C20H37N5O8. The molecule has 0 radical (unpaired) electrons. The highest BCUT2D eigenvalue weighted by atomic mass is 16.4. The lowest BCUT2D eigenvalue weighted by Crippen LogP contribution is -2.60. The number of aliphatic carboxylic acids is 2. The van der Waals surface area contributed by atoms with E-state index in [4.69, 9.17) is 16.6 Å². The van der Waals surface area contributed by atoms with Crippen molar-refractivity contribution in [2.75, 3.05) is 6.54 Å². The van der Waals surface area contributed by atoms with Crippen LogP contribution >= 0.6 is 0 Å². The number of carbonyl (C=O) groups is 5. The van der Waals surface area contributed by atoms with Gasteiger partial charge in [0, 0.05) is 0 Å². The minimum absolute atomic E-state index is 0.0745. The van der Waals surface area contributed by atoms with Crippen molar-refractivity contribution in [3.05, 3.63) is 0 Å². The summed E-state index contributed by atoms with van der Waals surface area (Å²) in [7, 11) is 0. The van der Waals surface area contributed by atoms with Gasteiger partial charge in [-0.1, -0.05) is 13.8 Å². The van der Waals surface area contributed by atoms with Crippen molar-refractivity contribution in [1.29, 1.82) is 0 Å². The van der Waals surface area contributed by atoms with E-state index in [0.29, 0.717) is 19.4 Å². The predicted molar refractivity (Wildman–Crippen MR) is 118 cm³/mol. The first-order valence-electron chi connectivity index (χ1n) is 10.8. The molecule has 0 saturated carbocycles. The number of carbonyl (C=O) groups excluding carboxylic acids is 3. The molecular weight excluding hydrogens is 438 g/mol. The zero-order valence-corrected chi connectivity index (χ0v) is 19.2. The Bertz CT molecular complexity index is 685. The molecule has 0 fully saturated rings. The zero-order valence-electron chi connectivity index (χ0n) is 19.2. The number of rotatable bonds is 16. The van der Waals surface area contributed by atoms with Gasteiger partial charge in [-0.15, -0.1) is 0 Å². The summed E-state index contributed by atoms with van der Waals surface area (Å²) in [5.74, 6) is -5.20. The van der Waals surface area contributed by atoms with E-state index < -0.39 is 66.4 Å². The standard InChI is InChI=1S/C20H37N5O8/c1-10(2)8-14(24-17(29)12(22)9-15(27)28)18(30)25-16(11(3)26)19(31)23-13(20(32)33)6-4-5-7-21/h10-14,16,26H,4-9,21-22H2,1-3H3,(H,23,31)(H,24,29)(H,25,30)(H,27,28)(H,32,33). The molecule has 0 saturated heterocycles. The van der Waals surface area contributed by atoms with Crippen molar-refractivity contribution in [3.63, 3.8) is 0 Å². The Morgan fingerprint density at radius 1 is 0.848 bits per heavy atom. The molecule has 0 aliphatic carbocycles. The summed E-state index contributed by atoms with van der Waals surface area (Å²) >= 11 is 0. The van der Waals surface area contributed by atoms with E-state index in [9.17, 15) is 34.2 Å². The van der Waals surface area contributed by atoms with Crippen LogP contribution in [0.25, 0.3) is 0 Å². The molecule has 5 unspecified atom stereocenters. The Hall–Kier alpha value is -2.77. The first kappa shape index (κ1) is 30.2. The molecule has 3 amide bonds. The van der Waals surface area contributed by atoms with Crippen LogP contribution in [0.3, 0.4) is 0 Å². The van der Waals surface area contributed by atoms with Crippen LogP contribution in [0, 0.1) is 5.92 Å². The van der Waals surface area contributed by atoms with E-state index >= 15 is 0 Å². The molecule has 0 bridgehead atoms. The quantitative estimate of drug-likeness (QED) is 0.113. The van der Waals surface area contributed by atoms with E-state index in [1.807, 2.05) is 0 Å². The highest BCUT2D eigenvalue weighted by Crippen LogP contribution is 2.08. The molecule has 10 N–H and O–H groups in total. The smallest absolute Gasteiger partial charge is 0.326 e. The summed E-state index contributed by atoms with van der Waals surface area (Å²) < 4.78 is 0. The van der Waals surface area contributed by atoms with Crippen LogP contribution in [-0.4, -0.2) is 81.8 Å². The van der Waals surface area contributed by atoms with Crippen LogP contribution in [0.15, 0.2) is 0 Å². The Morgan fingerprint density at radius 2 is 1.42 bits per heavy atom. The molecule has 13 nitrogen and oxygen atoms in total. The largest absolute Gasteiger partial charge is 0.481 e. The average Bonchev–Trinajstić information content (AvgIpc) is 2.69. The third-order valence-electron chi connectivity index (χ3n) is 4.70.